The van der Waals surface area contributed by atoms with Crippen LogP contribution >= 0.6 is 0 Å². The van der Waals surface area contributed by atoms with Gasteiger partial charge in [-0.25, -0.2) is 0 Å². The van der Waals surface area contributed by atoms with Crippen LogP contribution in [-0.2, 0) is 6.54 Å². The average molecular weight is 425 g/mol. The number of nitrogens with zero attached hydrogens (tertiary/aromatic N) is 1. The van der Waals surface area contributed by atoms with Crippen LogP contribution in [0.2, 0.25) is 0 Å². The second-order valence-electron chi connectivity index (χ2n) is 7.19. The maximum absolute atomic E-state index is 13.3. The van der Waals surface area contributed by atoms with Crippen LogP contribution in [0, 0.1) is 0 Å². The highest BCUT2D eigenvalue weighted by Crippen LogP contribution is 2.30. The van der Waals surface area contributed by atoms with Crippen LogP contribution in [-0.4, -0.2) is 25.0 Å². The summed E-state index contributed by atoms with van der Waals surface area (Å²) < 4.78 is 10.5. The standard InChI is InChI=1S/C27H24N2O3/c1-31-22-13-9-19(10-14-22)26(29-18-21-6-3-4-17-28-21)24-7-5-8-25(24)27(30)20-11-15-23(32-2)16-12-20/h3-17,29H,18H2,1-2H3/b26-24-. The van der Waals surface area contributed by atoms with E-state index in [-0.39, 0.29) is 5.78 Å². The highest BCUT2D eigenvalue weighted by Gasteiger charge is 2.22. The zero-order valence-electron chi connectivity index (χ0n) is 18.0. The number of hydrogen-bond donors (Lipinski definition) is 1. The van der Waals surface area contributed by atoms with Gasteiger partial charge in [0.15, 0.2) is 5.78 Å². The minimum Gasteiger partial charge on any atom is -0.497 e. The minimum atomic E-state index is -0.0432. The Morgan fingerprint density at radius 3 is 2.12 bits per heavy atom. The van der Waals surface area contributed by atoms with Gasteiger partial charge in [-0.3, -0.25) is 9.78 Å². The SMILES string of the molecule is COc1ccc(C(=O)C2=CC=C/C2=C(/NCc2ccccn2)c2ccc(OC)cc2)cc1. The van der Waals surface area contributed by atoms with Gasteiger partial charge >= 0.3 is 0 Å². The van der Waals surface area contributed by atoms with Crippen molar-refractivity contribution < 1.29 is 14.3 Å². The van der Waals surface area contributed by atoms with Crippen LogP contribution in [0.1, 0.15) is 21.6 Å². The van der Waals surface area contributed by atoms with Crippen molar-refractivity contribution in [3.63, 3.8) is 0 Å². The highest BCUT2D eigenvalue weighted by molar-refractivity contribution is 6.14. The number of hydrogen-bond acceptors (Lipinski definition) is 5. The van der Waals surface area contributed by atoms with Gasteiger partial charge < -0.3 is 14.8 Å². The van der Waals surface area contributed by atoms with Crippen molar-refractivity contribution in [3.8, 4) is 11.5 Å². The van der Waals surface area contributed by atoms with Crippen molar-refractivity contribution in [1.29, 1.82) is 0 Å². The number of nitrogens with one attached hydrogen (secondary N) is 1. The van der Waals surface area contributed by atoms with E-state index < -0.39 is 0 Å². The molecule has 0 fully saturated rings. The third kappa shape index (κ3) is 4.62. The molecule has 0 spiro atoms. The molecule has 0 amide bonds. The molecule has 5 nitrogen and oxygen atoms in total. The van der Waals surface area contributed by atoms with Crippen molar-refractivity contribution in [3.05, 3.63) is 119 Å². The molecule has 0 bridgehead atoms. The summed E-state index contributed by atoms with van der Waals surface area (Å²) in [6.07, 6.45) is 7.49. The molecular formula is C27H24N2O3. The van der Waals surface area contributed by atoms with Gasteiger partial charge in [0.05, 0.1) is 26.5 Å². The third-order valence-electron chi connectivity index (χ3n) is 5.23. The van der Waals surface area contributed by atoms with Gasteiger partial charge in [-0.15, -0.1) is 0 Å². The normalized spacial score (nSPS) is 14.0. The fraction of sp³-hybridized carbons (Fsp3) is 0.111. The number of pyridine rings is 1. The Hall–Kier alpha value is -4.12. The number of ketones is 1. The molecule has 1 heterocycles. The summed E-state index contributed by atoms with van der Waals surface area (Å²) in [5.74, 6) is 1.44. The lowest BCUT2D eigenvalue weighted by Gasteiger charge is -2.17. The molecule has 1 aromatic heterocycles. The lowest BCUT2D eigenvalue weighted by molar-refractivity contribution is 0.103. The molecule has 2 aromatic carbocycles. The molecular weight excluding hydrogens is 400 g/mol. The number of carbonyl (C=O) groups excluding carboxylic acids is 1. The van der Waals surface area contributed by atoms with Crippen LogP contribution in [0.5, 0.6) is 11.5 Å². The Labute approximate surface area is 187 Å². The van der Waals surface area contributed by atoms with E-state index in [2.05, 4.69) is 10.3 Å². The lowest BCUT2D eigenvalue weighted by atomic mass is 9.95. The number of methoxy groups -OCH3 is 2. The summed E-state index contributed by atoms with van der Waals surface area (Å²) in [7, 11) is 3.25. The van der Waals surface area contributed by atoms with Gasteiger partial charge in [-0.05, 0) is 66.2 Å². The van der Waals surface area contributed by atoms with Crippen LogP contribution in [0.15, 0.2) is 102 Å². The van der Waals surface area contributed by atoms with E-state index in [4.69, 9.17) is 9.47 Å². The van der Waals surface area contributed by atoms with Gasteiger partial charge in [0, 0.05) is 28.6 Å². The predicted octanol–water partition coefficient (Wildman–Crippen LogP) is 4.98. The Balaban J connectivity index is 1.70. The fourth-order valence-corrected chi connectivity index (χ4v) is 3.53. The van der Waals surface area contributed by atoms with Gasteiger partial charge in [-0.2, -0.15) is 0 Å². The summed E-state index contributed by atoms with van der Waals surface area (Å²) in [6, 6.07) is 20.7. The summed E-state index contributed by atoms with van der Waals surface area (Å²) in [5.41, 5.74) is 4.81. The molecule has 5 heteroatoms. The number of carbonyl (C=O) groups is 1. The Bertz CT molecular complexity index is 1180. The van der Waals surface area contributed by atoms with E-state index in [1.165, 1.54) is 0 Å². The number of benzene rings is 2. The van der Waals surface area contributed by atoms with E-state index in [0.29, 0.717) is 23.4 Å². The predicted molar refractivity (Wildman–Crippen MR) is 126 cm³/mol. The third-order valence-corrected chi connectivity index (χ3v) is 5.23. The molecule has 160 valence electrons. The Morgan fingerprint density at radius 1 is 0.875 bits per heavy atom. The lowest BCUT2D eigenvalue weighted by Crippen LogP contribution is -2.16. The van der Waals surface area contributed by atoms with Crippen molar-refractivity contribution in [1.82, 2.24) is 10.3 Å². The average Bonchev–Trinajstić information content (AvgIpc) is 3.34. The van der Waals surface area contributed by atoms with Gasteiger partial charge in [0.25, 0.3) is 0 Å². The molecule has 1 aliphatic rings. The summed E-state index contributed by atoms with van der Waals surface area (Å²) in [6.45, 7) is 0.531. The Morgan fingerprint density at radius 2 is 1.53 bits per heavy atom. The molecule has 0 aliphatic heterocycles. The molecule has 0 radical (unpaired) electrons. The van der Waals surface area contributed by atoms with Gasteiger partial charge in [0.2, 0.25) is 0 Å². The number of rotatable bonds is 8. The smallest absolute Gasteiger partial charge is 0.193 e. The van der Waals surface area contributed by atoms with Crippen molar-refractivity contribution in [2.24, 2.45) is 0 Å². The summed E-state index contributed by atoms with van der Waals surface area (Å²) >= 11 is 0. The highest BCUT2D eigenvalue weighted by atomic mass is 16.5. The maximum atomic E-state index is 13.3. The van der Waals surface area contributed by atoms with E-state index in [0.717, 1.165) is 28.3 Å². The van der Waals surface area contributed by atoms with Crippen LogP contribution in [0.25, 0.3) is 5.70 Å². The maximum Gasteiger partial charge on any atom is 0.193 e. The number of allylic oxidation sites excluding steroid dienone is 5. The zero-order valence-corrected chi connectivity index (χ0v) is 18.0. The van der Waals surface area contributed by atoms with Crippen molar-refractivity contribution in [2.45, 2.75) is 6.54 Å². The molecule has 3 aromatic rings. The monoisotopic (exact) mass is 424 g/mol. The van der Waals surface area contributed by atoms with E-state index in [9.17, 15) is 4.79 Å². The second-order valence-corrected chi connectivity index (χ2v) is 7.19. The fourth-order valence-electron chi connectivity index (χ4n) is 3.53. The van der Waals surface area contributed by atoms with E-state index in [1.807, 2.05) is 60.7 Å². The molecule has 0 atom stereocenters. The van der Waals surface area contributed by atoms with Crippen LogP contribution in [0.3, 0.4) is 0 Å². The zero-order chi connectivity index (χ0) is 22.3. The molecule has 0 unspecified atom stereocenters. The van der Waals surface area contributed by atoms with Crippen LogP contribution < -0.4 is 14.8 Å². The minimum absolute atomic E-state index is 0.0432. The first-order chi connectivity index (χ1) is 15.7. The first-order valence-electron chi connectivity index (χ1n) is 10.3. The largest absolute Gasteiger partial charge is 0.497 e. The van der Waals surface area contributed by atoms with Gasteiger partial charge in [-0.1, -0.05) is 24.3 Å². The van der Waals surface area contributed by atoms with Gasteiger partial charge in [0.1, 0.15) is 11.5 Å². The van der Waals surface area contributed by atoms with Crippen molar-refractivity contribution in [2.75, 3.05) is 14.2 Å². The Kier molecular flexibility index (Phi) is 6.46. The van der Waals surface area contributed by atoms with Crippen molar-refractivity contribution >= 4 is 11.5 Å². The number of ether oxygens (including phenoxy) is 2. The molecule has 1 N–H and O–H groups in total. The molecule has 4 rings (SSSR count). The quantitative estimate of drug-likeness (QED) is 0.517. The topological polar surface area (TPSA) is 60.5 Å². The summed E-state index contributed by atoms with van der Waals surface area (Å²) in [4.78, 5) is 17.7. The van der Waals surface area contributed by atoms with E-state index in [1.54, 1.807) is 44.7 Å². The molecule has 0 saturated carbocycles. The summed E-state index contributed by atoms with van der Waals surface area (Å²) in [5, 5.41) is 3.50. The number of aromatic nitrogens is 1. The number of Topliss-reactive ketones (excluding diaryl/α,β-unsaturated/α-hetero) is 1. The second kappa shape index (κ2) is 9.79. The molecule has 1 aliphatic carbocycles. The molecule has 0 saturated heterocycles. The first kappa shape index (κ1) is 21.1. The van der Waals surface area contributed by atoms with Crippen LogP contribution in [0.4, 0.5) is 0 Å². The first-order valence-corrected chi connectivity index (χ1v) is 10.3. The van der Waals surface area contributed by atoms with E-state index >= 15 is 0 Å². The molecule has 32 heavy (non-hydrogen) atoms.